The number of hydrogen-bond donors (Lipinski definition) is 0. The van der Waals surface area contributed by atoms with E-state index >= 15 is 0 Å². The van der Waals surface area contributed by atoms with Crippen LogP contribution in [0, 0.1) is 23.7 Å². The van der Waals surface area contributed by atoms with Crippen LogP contribution in [-0.4, -0.2) is 21.0 Å². The highest BCUT2D eigenvalue weighted by Crippen LogP contribution is 2.38. The average molecular weight is 375 g/mol. The van der Waals surface area contributed by atoms with Gasteiger partial charge in [0, 0.05) is 11.1 Å². The lowest BCUT2D eigenvalue weighted by atomic mass is 10.0. The second-order valence-electron chi connectivity index (χ2n) is 8.06. The zero-order valence-electron chi connectivity index (χ0n) is 16.1. The Morgan fingerprint density at radius 2 is 1.23 bits per heavy atom. The largest absolute Gasteiger partial charge is 0.395 e. The molecular formula is C23H26OSi2. The third-order valence-corrected chi connectivity index (χ3v) is 22.0. The molecule has 132 valence electrons. The van der Waals surface area contributed by atoms with Crippen LogP contribution in [0.15, 0.2) is 60.7 Å². The lowest BCUT2D eigenvalue weighted by Crippen LogP contribution is -2.64. The lowest BCUT2D eigenvalue weighted by Gasteiger charge is -2.48. The molecule has 1 fully saturated rings. The molecule has 1 aliphatic rings. The van der Waals surface area contributed by atoms with Gasteiger partial charge >= 0.3 is 0 Å². The fourth-order valence-electron chi connectivity index (χ4n) is 3.01. The lowest BCUT2D eigenvalue weighted by molar-refractivity contribution is 0.175. The van der Waals surface area contributed by atoms with Crippen LogP contribution in [0.4, 0.5) is 0 Å². The van der Waals surface area contributed by atoms with E-state index in [0.29, 0.717) is 0 Å². The summed E-state index contributed by atoms with van der Waals surface area (Å²) in [5, 5.41) is 0. The van der Waals surface area contributed by atoms with Crippen molar-refractivity contribution >= 4 is 15.4 Å². The summed E-state index contributed by atoms with van der Waals surface area (Å²) in [4.78, 5) is 0. The molecule has 0 aromatic heterocycles. The molecule has 1 saturated heterocycles. The van der Waals surface area contributed by atoms with Gasteiger partial charge < -0.3 is 4.43 Å². The zero-order chi connectivity index (χ0) is 18.7. The number of rotatable bonds is 0. The Labute approximate surface area is 159 Å². The third kappa shape index (κ3) is 4.19. The van der Waals surface area contributed by atoms with Gasteiger partial charge in [0.15, 0.2) is 13.4 Å². The predicted molar refractivity (Wildman–Crippen MR) is 115 cm³/mol. The molecule has 0 spiro atoms. The molecule has 0 radical (unpaired) electrons. The van der Waals surface area contributed by atoms with Crippen molar-refractivity contribution in [3.63, 3.8) is 0 Å². The van der Waals surface area contributed by atoms with Crippen LogP contribution in [0.2, 0.25) is 32.2 Å². The van der Waals surface area contributed by atoms with Gasteiger partial charge in [-0.1, -0.05) is 79.2 Å². The molecule has 0 atom stereocenters. The molecule has 1 nitrogen and oxygen atoms in total. The minimum absolute atomic E-state index is 0.649. The van der Waals surface area contributed by atoms with Crippen LogP contribution in [-0.2, 0) is 4.43 Å². The first-order valence-electron chi connectivity index (χ1n) is 9.19. The van der Waals surface area contributed by atoms with Crippen LogP contribution < -0.4 is 0 Å². The minimum atomic E-state index is -1.80. The Balaban J connectivity index is 2.00. The second kappa shape index (κ2) is 7.29. The summed E-state index contributed by atoms with van der Waals surface area (Å²) >= 11 is 0. The van der Waals surface area contributed by atoms with E-state index in [-0.39, 0.29) is 0 Å². The highest BCUT2D eigenvalue weighted by Gasteiger charge is 2.52. The van der Waals surface area contributed by atoms with Crippen LogP contribution in [0.3, 0.4) is 0 Å². The molecular weight excluding hydrogens is 348 g/mol. The summed E-state index contributed by atoms with van der Waals surface area (Å²) in [7, 11) is -3.14. The van der Waals surface area contributed by atoms with Crippen molar-refractivity contribution in [2.75, 3.05) is 0 Å². The molecule has 1 heterocycles. The van der Waals surface area contributed by atoms with Crippen LogP contribution in [0.25, 0.3) is 0 Å². The Bertz CT molecular complexity index is 820. The smallest absolute Gasteiger partial charge is 0.181 e. The number of hydrogen-bond acceptors (Lipinski definition) is 1. The Kier molecular flexibility index (Phi) is 5.25. The molecule has 0 aliphatic carbocycles. The van der Waals surface area contributed by atoms with Gasteiger partial charge in [-0.3, -0.25) is 0 Å². The van der Waals surface area contributed by atoms with Crippen LogP contribution in [0.5, 0.6) is 0 Å². The Morgan fingerprint density at radius 3 is 1.65 bits per heavy atom. The van der Waals surface area contributed by atoms with Crippen LogP contribution in [0.1, 0.15) is 17.5 Å². The Hall–Kier alpha value is -2.05. The van der Waals surface area contributed by atoms with Gasteiger partial charge in [0.25, 0.3) is 0 Å². The molecule has 0 N–H and O–H groups in total. The first-order chi connectivity index (χ1) is 12.3. The zero-order valence-corrected chi connectivity index (χ0v) is 18.1. The number of benzene rings is 2. The van der Waals surface area contributed by atoms with Crippen molar-refractivity contribution in [1.82, 2.24) is 0 Å². The van der Waals surface area contributed by atoms with Crippen molar-refractivity contribution in [2.45, 2.75) is 44.3 Å². The van der Waals surface area contributed by atoms with E-state index in [4.69, 9.17) is 4.43 Å². The summed E-state index contributed by atoms with van der Waals surface area (Å²) in [5.74, 6) is 13.5. The van der Waals surface area contributed by atoms with Crippen molar-refractivity contribution in [2.24, 2.45) is 0 Å². The fraction of sp³-hybridized carbons (Fsp3) is 0.304. The average Bonchev–Trinajstić information content (AvgIpc) is 2.63. The minimum Gasteiger partial charge on any atom is -0.395 e. The summed E-state index contributed by atoms with van der Waals surface area (Å²) in [6, 6.07) is 21.5. The molecule has 26 heavy (non-hydrogen) atoms. The monoisotopic (exact) mass is 374 g/mol. The van der Waals surface area contributed by atoms with Crippen LogP contribution >= 0.6 is 0 Å². The van der Waals surface area contributed by atoms with E-state index in [9.17, 15) is 0 Å². The highest BCUT2D eigenvalue weighted by atomic mass is 29.3. The highest BCUT2D eigenvalue weighted by molar-refractivity contribution is 7.38. The molecule has 3 heteroatoms. The van der Waals surface area contributed by atoms with Gasteiger partial charge in [0.2, 0.25) is 0 Å². The molecule has 0 saturated carbocycles. The topological polar surface area (TPSA) is 9.23 Å². The van der Waals surface area contributed by atoms with E-state index in [1.165, 1.54) is 6.04 Å². The second-order valence-corrected chi connectivity index (χ2v) is 23.2. The van der Waals surface area contributed by atoms with Gasteiger partial charge in [-0.2, -0.15) is 0 Å². The van der Waals surface area contributed by atoms with E-state index in [2.05, 4.69) is 49.9 Å². The van der Waals surface area contributed by atoms with E-state index in [0.717, 1.165) is 17.5 Å². The molecule has 0 unspecified atom stereocenters. The normalized spacial score (nSPS) is 19.4. The summed E-state index contributed by atoms with van der Waals surface area (Å²) in [6.45, 7) is 9.61. The molecule has 0 amide bonds. The van der Waals surface area contributed by atoms with E-state index < -0.39 is 21.0 Å². The van der Waals surface area contributed by atoms with Gasteiger partial charge in [-0.25, -0.2) is 0 Å². The first-order valence-corrected chi connectivity index (χ1v) is 16.3. The van der Waals surface area contributed by atoms with Crippen molar-refractivity contribution in [3.05, 3.63) is 71.8 Å². The third-order valence-electron chi connectivity index (χ3n) is 5.53. The van der Waals surface area contributed by atoms with Crippen molar-refractivity contribution in [3.8, 4) is 23.7 Å². The molecule has 3 rings (SSSR count). The summed E-state index contributed by atoms with van der Waals surface area (Å²) < 4.78 is 6.77. The van der Waals surface area contributed by atoms with Gasteiger partial charge in [-0.05, 0) is 43.8 Å². The van der Waals surface area contributed by atoms with Gasteiger partial charge in [0.05, 0.1) is 7.59 Å². The SMILES string of the molecule is C[Si]1(C)CCC(C#Cc2ccccc2)(C#Cc2ccccc2)O[Si]1(C)C. The van der Waals surface area contributed by atoms with Crippen molar-refractivity contribution < 1.29 is 4.43 Å². The molecule has 2 aromatic rings. The molecule has 0 bridgehead atoms. The maximum absolute atomic E-state index is 6.77. The maximum Gasteiger partial charge on any atom is 0.181 e. The first kappa shape index (κ1) is 18.7. The summed E-state index contributed by atoms with van der Waals surface area (Å²) in [5.41, 5.74) is 1.38. The standard InChI is InChI=1S/C23H26OSi2/c1-25(2)20-19-23(24-26(25,3)4,17-15-21-11-7-5-8-12-21)18-16-22-13-9-6-10-14-22/h5-14H,19-20H2,1-4H3. The fourth-order valence-corrected chi connectivity index (χ4v) is 9.47. The van der Waals surface area contributed by atoms with Gasteiger partial charge in [0.1, 0.15) is 0 Å². The predicted octanol–water partition coefficient (Wildman–Crippen LogP) is 5.24. The van der Waals surface area contributed by atoms with Gasteiger partial charge in [-0.15, -0.1) is 0 Å². The molecule has 1 aliphatic heterocycles. The summed E-state index contributed by atoms with van der Waals surface area (Å²) in [6.07, 6.45) is 0.905. The Morgan fingerprint density at radius 1 is 0.769 bits per heavy atom. The maximum atomic E-state index is 6.77. The van der Waals surface area contributed by atoms with E-state index in [1.807, 2.05) is 60.7 Å². The van der Waals surface area contributed by atoms with Crippen molar-refractivity contribution in [1.29, 1.82) is 0 Å². The van der Waals surface area contributed by atoms with E-state index in [1.54, 1.807) is 0 Å². The quantitative estimate of drug-likeness (QED) is 0.452. The molecule has 2 aromatic carbocycles.